The zero-order valence-electron chi connectivity index (χ0n) is 12.0. The van der Waals surface area contributed by atoms with Crippen molar-refractivity contribution in [2.75, 3.05) is 26.2 Å². The fourth-order valence-electron chi connectivity index (χ4n) is 2.67. The van der Waals surface area contributed by atoms with Crippen molar-refractivity contribution < 1.29 is 0 Å². The zero-order chi connectivity index (χ0) is 13.1. The molecule has 0 bridgehead atoms. The lowest BCUT2D eigenvalue weighted by atomic mass is 10.2. The summed E-state index contributed by atoms with van der Waals surface area (Å²) in [5.74, 6) is 2.04. The van der Waals surface area contributed by atoms with Gasteiger partial charge >= 0.3 is 0 Å². The number of hydrogen-bond acceptors (Lipinski definition) is 3. The lowest BCUT2D eigenvalue weighted by Crippen LogP contribution is -2.35. The van der Waals surface area contributed by atoms with E-state index in [1.54, 1.807) is 0 Å². The third-order valence-corrected chi connectivity index (χ3v) is 5.33. The Morgan fingerprint density at radius 2 is 1.95 bits per heavy atom. The maximum absolute atomic E-state index is 3.67. The van der Waals surface area contributed by atoms with Crippen LogP contribution in [-0.4, -0.2) is 31.1 Å². The van der Waals surface area contributed by atoms with Gasteiger partial charge in [0.25, 0.3) is 0 Å². The van der Waals surface area contributed by atoms with Gasteiger partial charge in [-0.05, 0) is 55.9 Å². The number of hydrogen-bond donors (Lipinski definition) is 1. The number of nitrogens with one attached hydrogen (secondary N) is 1. The maximum Gasteiger partial charge on any atom is 0.0386 e. The van der Waals surface area contributed by atoms with Crippen LogP contribution in [0.25, 0.3) is 0 Å². The van der Waals surface area contributed by atoms with E-state index in [4.69, 9.17) is 0 Å². The van der Waals surface area contributed by atoms with Crippen LogP contribution in [0, 0.1) is 11.8 Å². The van der Waals surface area contributed by atoms with Crippen molar-refractivity contribution >= 4 is 11.3 Å². The molecule has 1 unspecified atom stereocenters. The van der Waals surface area contributed by atoms with E-state index >= 15 is 0 Å². The molecule has 1 atom stereocenters. The summed E-state index contributed by atoms with van der Waals surface area (Å²) in [5.41, 5.74) is 0. The minimum Gasteiger partial charge on any atom is -0.308 e. The minimum absolute atomic E-state index is 0.503. The maximum atomic E-state index is 3.67. The summed E-state index contributed by atoms with van der Waals surface area (Å²) in [4.78, 5) is 4.17. The van der Waals surface area contributed by atoms with Crippen LogP contribution in [-0.2, 0) is 0 Å². The first-order chi connectivity index (χ1) is 9.31. The summed E-state index contributed by atoms with van der Waals surface area (Å²) < 4.78 is 0. The molecule has 3 heteroatoms. The van der Waals surface area contributed by atoms with Crippen LogP contribution >= 0.6 is 11.3 Å². The quantitative estimate of drug-likeness (QED) is 0.743. The number of nitrogens with zero attached hydrogens (tertiary/aromatic N) is 1. The van der Waals surface area contributed by atoms with Crippen LogP contribution in [0.15, 0.2) is 17.5 Å². The molecule has 2 nitrogen and oxygen atoms in total. The van der Waals surface area contributed by atoms with Gasteiger partial charge in [-0.3, -0.25) is 0 Å². The Labute approximate surface area is 121 Å². The molecule has 2 saturated carbocycles. The van der Waals surface area contributed by atoms with Gasteiger partial charge in [-0.1, -0.05) is 6.07 Å². The Balaban J connectivity index is 1.38. The SMILES string of the molecule is CC(NCCN(CC1CC1)CC1CC1)c1cccs1. The van der Waals surface area contributed by atoms with E-state index in [0.29, 0.717) is 6.04 Å². The van der Waals surface area contributed by atoms with Gasteiger partial charge in [0.15, 0.2) is 0 Å². The standard InChI is InChI=1S/C16H26N2S/c1-13(16-3-2-10-19-16)17-8-9-18(11-14-4-5-14)12-15-6-7-15/h2-3,10,13-15,17H,4-9,11-12H2,1H3. The Bertz CT molecular complexity index is 354. The van der Waals surface area contributed by atoms with Crippen LogP contribution < -0.4 is 5.32 Å². The molecule has 0 radical (unpaired) electrons. The highest BCUT2D eigenvalue weighted by Gasteiger charge is 2.28. The second-order valence-corrected chi connectivity index (χ2v) is 7.32. The van der Waals surface area contributed by atoms with E-state index in [1.165, 1.54) is 50.2 Å². The second-order valence-electron chi connectivity index (χ2n) is 6.34. The first-order valence-corrected chi connectivity index (χ1v) is 8.68. The Morgan fingerprint density at radius 1 is 1.26 bits per heavy atom. The van der Waals surface area contributed by atoms with Gasteiger partial charge in [0, 0.05) is 37.1 Å². The molecule has 1 aromatic rings. The molecule has 0 aliphatic heterocycles. The molecule has 2 fully saturated rings. The summed E-state index contributed by atoms with van der Waals surface area (Å²) in [6.45, 7) is 7.33. The number of rotatable bonds is 9. The summed E-state index contributed by atoms with van der Waals surface area (Å²) in [5, 5.41) is 5.84. The predicted octanol–water partition coefficient (Wildman–Crippen LogP) is 3.52. The molecular weight excluding hydrogens is 252 g/mol. The molecule has 0 saturated heterocycles. The van der Waals surface area contributed by atoms with E-state index in [9.17, 15) is 0 Å². The average Bonchev–Trinajstić information content (AvgIpc) is 3.32. The Morgan fingerprint density at radius 3 is 2.47 bits per heavy atom. The average molecular weight is 278 g/mol. The van der Waals surface area contributed by atoms with Gasteiger partial charge in [0.1, 0.15) is 0 Å². The van der Waals surface area contributed by atoms with E-state index < -0.39 is 0 Å². The molecule has 2 aliphatic carbocycles. The molecule has 1 heterocycles. The molecule has 3 rings (SSSR count). The van der Waals surface area contributed by atoms with Crippen molar-refractivity contribution in [2.45, 2.75) is 38.6 Å². The van der Waals surface area contributed by atoms with Crippen molar-refractivity contribution in [1.29, 1.82) is 0 Å². The molecule has 0 amide bonds. The van der Waals surface area contributed by atoms with Crippen LogP contribution in [0.5, 0.6) is 0 Å². The molecule has 19 heavy (non-hydrogen) atoms. The van der Waals surface area contributed by atoms with Gasteiger partial charge in [-0.15, -0.1) is 11.3 Å². The highest BCUT2D eigenvalue weighted by Crippen LogP contribution is 2.33. The van der Waals surface area contributed by atoms with Gasteiger partial charge in [-0.2, -0.15) is 0 Å². The van der Waals surface area contributed by atoms with E-state index in [2.05, 4.69) is 34.7 Å². The summed E-state index contributed by atoms with van der Waals surface area (Å²) in [7, 11) is 0. The van der Waals surface area contributed by atoms with E-state index in [0.717, 1.165) is 18.4 Å². The molecular formula is C16H26N2S. The first-order valence-electron chi connectivity index (χ1n) is 7.80. The summed E-state index contributed by atoms with van der Waals surface area (Å²) in [6, 6.07) is 4.88. The molecule has 2 aliphatic rings. The second kappa shape index (κ2) is 6.38. The summed E-state index contributed by atoms with van der Waals surface area (Å²) in [6.07, 6.45) is 5.89. The summed E-state index contributed by atoms with van der Waals surface area (Å²) >= 11 is 1.86. The van der Waals surface area contributed by atoms with Crippen molar-refractivity contribution in [3.63, 3.8) is 0 Å². The fourth-order valence-corrected chi connectivity index (χ4v) is 3.42. The smallest absolute Gasteiger partial charge is 0.0386 e. The van der Waals surface area contributed by atoms with Gasteiger partial charge in [-0.25, -0.2) is 0 Å². The molecule has 1 aromatic heterocycles. The monoisotopic (exact) mass is 278 g/mol. The lowest BCUT2D eigenvalue weighted by Gasteiger charge is -2.23. The van der Waals surface area contributed by atoms with Crippen molar-refractivity contribution in [2.24, 2.45) is 11.8 Å². The van der Waals surface area contributed by atoms with Gasteiger partial charge < -0.3 is 10.2 Å². The molecule has 106 valence electrons. The largest absolute Gasteiger partial charge is 0.308 e. The van der Waals surface area contributed by atoms with Gasteiger partial charge in [0.05, 0.1) is 0 Å². The first kappa shape index (κ1) is 13.6. The fraction of sp³-hybridized carbons (Fsp3) is 0.750. The highest BCUT2D eigenvalue weighted by atomic mass is 32.1. The molecule has 0 spiro atoms. The van der Waals surface area contributed by atoms with Crippen LogP contribution in [0.4, 0.5) is 0 Å². The van der Waals surface area contributed by atoms with Crippen LogP contribution in [0.1, 0.15) is 43.5 Å². The van der Waals surface area contributed by atoms with E-state index in [-0.39, 0.29) is 0 Å². The molecule has 0 aromatic carbocycles. The normalized spacial score (nSPS) is 20.9. The third kappa shape index (κ3) is 4.59. The lowest BCUT2D eigenvalue weighted by molar-refractivity contribution is 0.249. The van der Waals surface area contributed by atoms with Crippen molar-refractivity contribution in [3.8, 4) is 0 Å². The minimum atomic E-state index is 0.503. The predicted molar refractivity (Wildman–Crippen MR) is 82.6 cm³/mol. The van der Waals surface area contributed by atoms with E-state index in [1.807, 2.05) is 11.3 Å². The van der Waals surface area contributed by atoms with Gasteiger partial charge in [0.2, 0.25) is 0 Å². The number of thiophene rings is 1. The molecule has 1 N–H and O–H groups in total. The van der Waals surface area contributed by atoms with Crippen molar-refractivity contribution in [3.05, 3.63) is 22.4 Å². The van der Waals surface area contributed by atoms with Crippen LogP contribution in [0.3, 0.4) is 0 Å². The third-order valence-electron chi connectivity index (χ3n) is 4.28. The Hall–Kier alpha value is -0.380. The van der Waals surface area contributed by atoms with Crippen LogP contribution in [0.2, 0.25) is 0 Å². The highest BCUT2D eigenvalue weighted by molar-refractivity contribution is 7.10. The zero-order valence-corrected chi connectivity index (χ0v) is 12.8. The Kier molecular flexibility index (Phi) is 4.57. The topological polar surface area (TPSA) is 15.3 Å². The van der Waals surface area contributed by atoms with Crippen molar-refractivity contribution in [1.82, 2.24) is 10.2 Å².